The standard InChI is InChI=1S/C23H20N2O4/c1-3-22(26)24-17-11-14-21(28-2)20(15-17)23(27)25-16-9-12-19(13-10-16)29-18-7-5-4-6-8-18/h3-15H,1H2,2H3,(H,24,26)(H,25,27). The molecule has 0 unspecified atom stereocenters. The molecule has 0 aromatic heterocycles. The van der Waals surface area contributed by atoms with Gasteiger partial charge in [-0.2, -0.15) is 0 Å². The molecule has 0 spiro atoms. The molecule has 3 rings (SSSR count). The van der Waals surface area contributed by atoms with Crippen LogP contribution < -0.4 is 20.1 Å². The van der Waals surface area contributed by atoms with E-state index in [-0.39, 0.29) is 11.8 Å². The summed E-state index contributed by atoms with van der Waals surface area (Å²) in [5.41, 5.74) is 1.35. The highest BCUT2D eigenvalue weighted by atomic mass is 16.5. The molecule has 0 aliphatic rings. The maximum atomic E-state index is 12.7. The van der Waals surface area contributed by atoms with Crippen LogP contribution in [0.5, 0.6) is 17.2 Å². The molecule has 2 N–H and O–H groups in total. The Morgan fingerprint density at radius 2 is 1.52 bits per heavy atom. The number of para-hydroxylation sites is 1. The summed E-state index contributed by atoms with van der Waals surface area (Å²) in [5, 5.41) is 5.43. The Kier molecular flexibility index (Phi) is 6.27. The minimum Gasteiger partial charge on any atom is -0.496 e. The van der Waals surface area contributed by atoms with Crippen molar-refractivity contribution >= 4 is 23.2 Å². The van der Waals surface area contributed by atoms with Crippen LogP contribution in [0.25, 0.3) is 0 Å². The summed E-state index contributed by atoms with van der Waals surface area (Å²) in [6.45, 7) is 3.41. The molecule has 0 fully saturated rings. The highest BCUT2D eigenvalue weighted by Gasteiger charge is 2.14. The maximum Gasteiger partial charge on any atom is 0.259 e. The van der Waals surface area contributed by atoms with Crippen molar-refractivity contribution in [3.05, 3.63) is 91.0 Å². The van der Waals surface area contributed by atoms with E-state index in [0.717, 1.165) is 11.8 Å². The van der Waals surface area contributed by atoms with E-state index in [9.17, 15) is 9.59 Å². The van der Waals surface area contributed by atoms with Gasteiger partial charge in [-0.05, 0) is 60.7 Å². The van der Waals surface area contributed by atoms with Gasteiger partial charge in [0, 0.05) is 11.4 Å². The third-order valence-electron chi connectivity index (χ3n) is 3.99. The second-order valence-corrected chi connectivity index (χ2v) is 6.00. The lowest BCUT2D eigenvalue weighted by atomic mass is 10.1. The average Bonchev–Trinajstić information content (AvgIpc) is 2.75. The summed E-state index contributed by atoms with van der Waals surface area (Å²) in [6.07, 6.45) is 1.16. The number of carbonyl (C=O) groups is 2. The normalized spacial score (nSPS) is 9.97. The van der Waals surface area contributed by atoms with E-state index >= 15 is 0 Å². The van der Waals surface area contributed by atoms with Crippen LogP contribution in [0.1, 0.15) is 10.4 Å². The lowest BCUT2D eigenvalue weighted by Gasteiger charge is -2.12. The summed E-state index contributed by atoms with van der Waals surface area (Å²) in [5.74, 6) is 1.04. The molecule has 3 aromatic carbocycles. The first-order valence-electron chi connectivity index (χ1n) is 8.85. The number of hydrogen-bond acceptors (Lipinski definition) is 4. The number of rotatable bonds is 7. The summed E-state index contributed by atoms with van der Waals surface area (Å²) in [7, 11) is 1.48. The second-order valence-electron chi connectivity index (χ2n) is 6.00. The van der Waals surface area contributed by atoms with Crippen LogP contribution in [0.15, 0.2) is 85.5 Å². The second kappa shape index (κ2) is 9.23. The fourth-order valence-electron chi connectivity index (χ4n) is 2.59. The smallest absolute Gasteiger partial charge is 0.259 e. The van der Waals surface area contributed by atoms with Crippen molar-refractivity contribution in [1.29, 1.82) is 0 Å². The molecule has 2 amide bonds. The molecular formula is C23H20N2O4. The van der Waals surface area contributed by atoms with Crippen molar-refractivity contribution in [3.63, 3.8) is 0 Å². The number of amides is 2. The Morgan fingerprint density at radius 3 is 2.17 bits per heavy atom. The van der Waals surface area contributed by atoms with Crippen molar-refractivity contribution < 1.29 is 19.1 Å². The molecule has 6 nitrogen and oxygen atoms in total. The molecule has 3 aromatic rings. The number of anilines is 2. The topological polar surface area (TPSA) is 76.7 Å². The first-order valence-corrected chi connectivity index (χ1v) is 8.85. The fourth-order valence-corrected chi connectivity index (χ4v) is 2.59. The van der Waals surface area contributed by atoms with Crippen LogP contribution in [0, 0.1) is 0 Å². The van der Waals surface area contributed by atoms with Crippen LogP contribution in [0.4, 0.5) is 11.4 Å². The number of benzene rings is 3. The maximum absolute atomic E-state index is 12.7. The third kappa shape index (κ3) is 5.23. The number of methoxy groups -OCH3 is 1. The largest absolute Gasteiger partial charge is 0.496 e. The Labute approximate surface area is 168 Å². The average molecular weight is 388 g/mol. The highest BCUT2D eigenvalue weighted by molar-refractivity contribution is 6.07. The summed E-state index contributed by atoms with van der Waals surface area (Å²) in [6, 6.07) is 21.2. The lowest BCUT2D eigenvalue weighted by Crippen LogP contribution is -2.14. The van der Waals surface area contributed by atoms with Gasteiger partial charge in [0.25, 0.3) is 5.91 Å². The predicted octanol–water partition coefficient (Wildman–Crippen LogP) is 4.86. The van der Waals surface area contributed by atoms with Gasteiger partial charge < -0.3 is 20.1 Å². The zero-order chi connectivity index (χ0) is 20.6. The molecule has 0 radical (unpaired) electrons. The molecule has 0 saturated heterocycles. The van der Waals surface area contributed by atoms with E-state index < -0.39 is 0 Å². The first kappa shape index (κ1) is 19.7. The lowest BCUT2D eigenvalue weighted by molar-refractivity contribution is -0.111. The van der Waals surface area contributed by atoms with E-state index in [1.165, 1.54) is 7.11 Å². The molecule has 29 heavy (non-hydrogen) atoms. The minimum absolute atomic E-state index is 0.291. The summed E-state index contributed by atoms with van der Waals surface area (Å²) in [4.78, 5) is 24.2. The van der Waals surface area contributed by atoms with Gasteiger partial charge in [0.2, 0.25) is 5.91 Å². The van der Waals surface area contributed by atoms with Crippen LogP contribution >= 0.6 is 0 Å². The molecule has 0 bridgehead atoms. The molecule has 0 aliphatic heterocycles. The van der Waals surface area contributed by atoms with Crippen LogP contribution in [-0.4, -0.2) is 18.9 Å². The molecule has 0 atom stereocenters. The zero-order valence-electron chi connectivity index (χ0n) is 15.8. The van der Waals surface area contributed by atoms with Gasteiger partial charge in [-0.1, -0.05) is 24.8 Å². The van der Waals surface area contributed by atoms with Crippen molar-refractivity contribution in [1.82, 2.24) is 0 Å². The number of hydrogen-bond donors (Lipinski definition) is 2. The fraction of sp³-hybridized carbons (Fsp3) is 0.0435. The quantitative estimate of drug-likeness (QED) is 0.567. The number of nitrogens with one attached hydrogen (secondary N) is 2. The molecule has 6 heteroatoms. The highest BCUT2D eigenvalue weighted by Crippen LogP contribution is 2.26. The molecule has 146 valence electrons. The molecule has 0 heterocycles. The Hall–Kier alpha value is -4.06. The van der Waals surface area contributed by atoms with E-state index in [4.69, 9.17) is 9.47 Å². The predicted molar refractivity (Wildman–Crippen MR) is 113 cm³/mol. The van der Waals surface area contributed by atoms with Crippen LogP contribution in [0.3, 0.4) is 0 Å². The SMILES string of the molecule is C=CC(=O)Nc1ccc(OC)c(C(=O)Nc2ccc(Oc3ccccc3)cc2)c1. The van der Waals surface area contributed by atoms with Crippen LogP contribution in [-0.2, 0) is 4.79 Å². The molecular weight excluding hydrogens is 368 g/mol. The van der Waals surface area contributed by atoms with Crippen molar-refractivity contribution in [2.75, 3.05) is 17.7 Å². The Morgan fingerprint density at radius 1 is 0.862 bits per heavy atom. The van der Waals surface area contributed by atoms with E-state index in [2.05, 4.69) is 17.2 Å². The van der Waals surface area contributed by atoms with Gasteiger partial charge in [0.05, 0.1) is 12.7 Å². The minimum atomic E-state index is -0.367. The molecule has 0 saturated carbocycles. The van der Waals surface area contributed by atoms with Gasteiger partial charge in [-0.3, -0.25) is 9.59 Å². The van der Waals surface area contributed by atoms with Gasteiger partial charge >= 0.3 is 0 Å². The van der Waals surface area contributed by atoms with Gasteiger partial charge in [0.15, 0.2) is 0 Å². The van der Waals surface area contributed by atoms with Gasteiger partial charge in [-0.25, -0.2) is 0 Å². The monoisotopic (exact) mass is 388 g/mol. The van der Waals surface area contributed by atoms with E-state index in [0.29, 0.717) is 28.4 Å². The summed E-state index contributed by atoms with van der Waals surface area (Å²) < 4.78 is 11.0. The van der Waals surface area contributed by atoms with Crippen molar-refractivity contribution in [2.24, 2.45) is 0 Å². The number of carbonyl (C=O) groups excluding carboxylic acids is 2. The Balaban J connectivity index is 1.73. The van der Waals surface area contributed by atoms with Gasteiger partial charge in [-0.15, -0.1) is 0 Å². The van der Waals surface area contributed by atoms with Crippen LogP contribution in [0.2, 0.25) is 0 Å². The van der Waals surface area contributed by atoms with E-state index in [1.807, 2.05) is 30.3 Å². The zero-order valence-corrected chi connectivity index (χ0v) is 15.8. The summed E-state index contributed by atoms with van der Waals surface area (Å²) >= 11 is 0. The van der Waals surface area contributed by atoms with Crippen molar-refractivity contribution in [2.45, 2.75) is 0 Å². The number of ether oxygens (including phenoxy) is 2. The Bertz CT molecular complexity index is 1010. The van der Waals surface area contributed by atoms with Gasteiger partial charge in [0.1, 0.15) is 17.2 Å². The molecule has 0 aliphatic carbocycles. The van der Waals surface area contributed by atoms with Crippen molar-refractivity contribution in [3.8, 4) is 17.2 Å². The first-order chi connectivity index (χ1) is 14.1. The van der Waals surface area contributed by atoms with E-state index in [1.54, 1.807) is 42.5 Å². The third-order valence-corrected chi connectivity index (χ3v) is 3.99.